The second-order valence-corrected chi connectivity index (χ2v) is 6.51. The van der Waals surface area contributed by atoms with E-state index in [2.05, 4.69) is 15.3 Å². The van der Waals surface area contributed by atoms with Gasteiger partial charge in [0, 0.05) is 25.9 Å². The maximum absolute atomic E-state index is 12.5. The van der Waals surface area contributed by atoms with Crippen molar-refractivity contribution in [1.82, 2.24) is 19.9 Å². The van der Waals surface area contributed by atoms with Crippen molar-refractivity contribution < 1.29 is 14.3 Å². The Labute approximate surface area is 141 Å². The Morgan fingerprint density at radius 1 is 1.25 bits per heavy atom. The van der Waals surface area contributed by atoms with Crippen molar-refractivity contribution >= 4 is 11.9 Å². The van der Waals surface area contributed by atoms with E-state index in [9.17, 15) is 9.59 Å². The lowest BCUT2D eigenvalue weighted by Crippen LogP contribution is -2.45. The van der Waals surface area contributed by atoms with Crippen LogP contribution in [0.4, 0.5) is 0 Å². The molecule has 0 aliphatic rings. The van der Waals surface area contributed by atoms with Crippen LogP contribution in [-0.2, 0) is 23.0 Å². The molecule has 0 bridgehead atoms. The number of aromatic nitrogens is 3. The Bertz CT molecular complexity index is 704. The van der Waals surface area contributed by atoms with E-state index in [0.29, 0.717) is 12.1 Å². The normalized spacial score (nSPS) is 12.5. The van der Waals surface area contributed by atoms with E-state index in [1.54, 1.807) is 56.9 Å². The molecule has 0 saturated heterocycles. The summed E-state index contributed by atoms with van der Waals surface area (Å²) in [6, 6.07) is 2.80. The number of rotatable bonds is 5. The first-order chi connectivity index (χ1) is 11.3. The van der Waals surface area contributed by atoms with E-state index < -0.39 is 17.6 Å². The molecule has 0 aliphatic heterocycles. The minimum absolute atomic E-state index is 0.320. The lowest BCUT2D eigenvalue weighted by atomic mass is 10.1. The first-order valence-corrected chi connectivity index (χ1v) is 7.65. The number of pyridine rings is 1. The lowest BCUT2D eigenvalue weighted by Gasteiger charge is -2.24. The molecule has 0 aliphatic carbocycles. The number of hydrogen-bond donors (Lipinski definition) is 1. The van der Waals surface area contributed by atoms with Crippen molar-refractivity contribution in [1.29, 1.82) is 0 Å². The highest BCUT2D eigenvalue weighted by Gasteiger charge is 2.28. The summed E-state index contributed by atoms with van der Waals surface area (Å²) in [7, 11) is 1.72. The van der Waals surface area contributed by atoms with Gasteiger partial charge in [0.2, 0.25) is 0 Å². The number of nitrogens with one attached hydrogen (secondary N) is 1. The zero-order chi connectivity index (χ0) is 17.7. The summed E-state index contributed by atoms with van der Waals surface area (Å²) >= 11 is 0. The predicted octanol–water partition coefficient (Wildman–Crippen LogP) is 1.50. The van der Waals surface area contributed by atoms with Crippen LogP contribution in [0, 0.1) is 0 Å². The van der Waals surface area contributed by atoms with Gasteiger partial charge in [0.1, 0.15) is 17.3 Å². The summed E-state index contributed by atoms with van der Waals surface area (Å²) in [5, 5.41) is 2.74. The summed E-state index contributed by atoms with van der Waals surface area (Å²) in [6.45, 7) is 5.37. The summed E-state index contributed by atoms with van der Waals surface area (Å²) < 4.78 is 7.02. The van der Waals surface area contributed by atoms with Gasteiger partial charge < -0.3 is 14.6 Å². The summed E-state index contributed by atoms with van der Waals surface area (Å²) in [6.07, 6.45) is 6.59. The molecule has 1 unspecified atom stereocenters. The third-order valence-electron chi connectivity index (χ3n) is 3.24. The molecule has 0 spiro atoms. The number of esters is 1. The highest BCUT2D eigenvalue weighted by molar-refractivity contribution is 5.95. The second kappa shape index (κ2) is 7.25. The van der Waals surface area contributed by atoms with Crippen LogP contribution in [0.3, 0.4) is 0 Å². The van der Waals surface area contributed by atoms with Crippen LogP contribution >= 0.6 is 0 Å². The smallest absolute Gasteiger partial charge is 0.329 e. The van der Waals surface area contributed by atoms with Gasteiger partial charge in [0.15, 0.2) is 0 Å². The Morgan fingerprint density at radius 3 is 2.46 bits per heavy atom. The van der Waals surface area contributed by atoms with E-state index in [1.165, 1.54) is 12.5 Å². The molecule has 0 fully saturated rings. The fourth-order valence-corrected chi connectivity index (χ4v) is 2.13. The number of hydrogen-bond acceptors (Lipinski definition) is 5. The minimum atomic E-state index is -0.797. The number of ether oxygens (including phenoxy) is 1. The number of imidazole rings is 1. The quantitative estimate of drug-likeness (QED) is 0.840. The molecular weight excluding hydrogens is 308 g/mol. The molecule has 0 saturated carbocycles. The molecule has 1 amide bonds. The number of carbonyl (C=O) groups excluding carboxylic acids is 2. The molecule has 2 aromatic heterocycles. The third kappa shape index (κ3) is 4.91. The Morgan fingerprint density at radius 2 is 1.92 bits per heavy atom. The molecule has 7 heteroatoms. The Hall–Kier alpha value is -2.70. The predicted molar refractivity (Wildman–Crippen MR) is 88.2 cm³/mol. The molecule has 7 nitrogen and oxygen atoms in total. The first-order valence-electron chi connectivity index (χ1n) is 7.65. The Balaban J connectivity index is 2.17. The average Bonchev–Trinajstić information content (AvgIpc) is 2.92. The van der Waals surface area contributed by atoms with Gasteiger partial charge in [-0.25, -0.2) is 9.78 Å². The van der Waals surface area contributed by atoms with E-state index in [1.807, 2.05) is 0 Å². The van der Waals surface area contributed by atoms with Gasteiger partial charge >= 0.3 is 5.97 Å². The molecule has 128 valence electrons. The fourth-order valence-electron chi connectivity index (χ4n) is 2.13. The molecule has 2 rings (SSSR count). The average molecular weight is 330 g/mol. The molecule has 1 N–H and O–H groups in total. The fraction of sp³-hybridized carbons (Fsp3) is 0.412. The van der Waals surface area contributed by atoms with E-state index in [4.69, 9.17) is 4.74 Å². The molecule has 2 heterocycles. The zero-order valence-electron chi connectivity index (χ0n) is 14.3. The van der Waals surface area contributed by atoms with E-state index >= 15 is 0 Å². The van der Waals surface area contributed by atoms with Crippen molar-refractivity contribution in [3.05, 3.63) is 48.3 Å². The molecular formula is C17H22N4O3. The largest absolute Gasteiger partial charge is 0.458 e. The maximum Gasteiger partial charge on any atom is 0.329 e. The van der Waals surface area contributed by atoms with Gasteiger partial charge in [-0.3, -0.25) is 9.78 Å². The number of carbonyl (C=O) groups is 2. The maximum atomic E-state index is 12.5. The molecule has 0 aromatic carbocycles. The van der Waals surface area contributed by atoms with Crippen molar-refractivity contribution in [3.8, 4) is 0 Å². The van der Waals surface area contributed by atoms with Crippen LogP contribution in [-0.4, -0.2) is 38.1 Å². The van der Waals surface area contributed by atoms with Crippen molar-refractivity contribution in [2.75, 3.05) is 0 Å². The molecule has 2 aromatic rings. The topological polar surface area (TPSA) is 86.1 Å². The van der Waals surface area contributed by atoms with E-state index in [-0.39, 0.29) is 5.91 Å². The molecule has 0 radical (unpaired) electrons. The van der Waals surface area contributed by atoms with Crippen molar-refractivity contribution in [3.63, 3.8) is 0 Å². The van der Waals surface area contributed by atoms with Crippen molar-refractivity contribution in [2.45, 2.75) is 38.8 Å². The van der Waals surface area contributed by atoms with Crippen LogP contribution in [0.15, 0.2) is 37.1 Å². The third-order valence-corrected chi connectivity index (χ3v) is 3.24. The first kappa shape index (κ1) is 17.7. The van der Waals surface area contributed by atoms with Crippen LogP contribution in [0.1, 0.15) is 36.8 Å². The van der Waals surface area contributed by atoms with Gasteiger partial charge in [-0.05, 0) is 38.5 Å². The lowest BCUT2D eigenvalue weighted by molar-refractivity contribution is -0.157. The van der Waals surface area contributed by atoms with Crippen LogP contribution in [0.5, 0.6) is 0 Å². The van der Waals surface area contributed by atoms with Crippen molar-refractivity contribution in [2.24, 2.45) is 7.05 Å². The molecule has 1 atom stereocenters. The molecule has 24 heavy (non-hydrogen) atoms. The highest BCUT2D eigenvalue weighted by atomic mass is 16.6. The Kier molecular flexibility index (Phi) is 5.33. The highest BCUT2D eigenvalue weighted by Crippen LogP contribution is 2.12. The number of nitrogens with zero attached hydrogens (tertiary/aromatic N) is 3. The second-order valence-electron chi connectivity index (χ2n) is 6.51. The summed E-state index contributed by atoms with van der Waals surface area (Å²) in [4.78, 5) is 32.8. The van der Waals surface area contributed by atoms with E-state index in [0.717, 1.165) is 5.56 Å². The SMILES string of the molecule is Cn1cncc1C(=O)NC(Cc1ccncc1)C(=O)OC(C)(C)C. The van der Waals surface area contributed by atoms with Crippen LogP contribution in [0.2, 0.25) is 0 Å². The summed E-state index contributed by atoms with van der Waals surface area (Å²) in [5.74, 6) is -0.852. The van der Waals surface area contributed by atoms with Crippen LogP contribution < -0.4 is 5.32 Å². The monoisotopic (exact) mass is 330 g/mol. The summed E-state index contributed by atoms with van der Waals surface area (Å²) in [5.41, 5.74) is 0.620. The van der Waals surface area contributed by atoms with Gasteiger partial charge in [0.05, 0.1) is 12.5 Å². The standard InChI is InChI=1S/C17H22N4O3/c1-17(2,3)24-16(23)13(9-12-5-7-18-8-6-12)20-15(22)14-10-19-11-21(14)4/h5-8,10-11,13H,9H2,1-4H3,(H,20,22). The zero-order valence-corrected chi connectivity index (χ0v) is 14.3. The van der Waals surface area contributed by atoms with Gasteiger partial charge in [-0.2, -0.15) is 0 Å². The van der Waals surface area contributed by atoms with Gasteiger partial charge in [0.25, 0.3) is 5.91 Å². The minimum Gasteiger partial charge on any atom is -0.458 e. The number of aryl methyl sites for hydroxylation is 1. The number of amides is 1. The van der Waals surface area contributed by atoms with Gasteiger partial charge in [-0.15, -0.1) is 0 Å². The van der Waals surface area contributed by atoms with Crippen LogP contribution in [0.25, 0.3) is 0 Å². The van der Waals surface area contributed by atoms with Gasteiger partial charge in [-0.1, -0.05) is 0 Å².